The fraction of sp³-hybridized carbons (Fsp3) is 0.0476. The van der Waals surface area contributed by atoms with E-state index in [1.54, 1.807) is 60.7 Å². The number of hydrogen-bond donors (Lipinski definition) is 4. The summed E-state index contributed by atoms with van der Waals surface area (Å²) in [4.78, 5) is 0. The standard InChI is InChI=1S/C21H20N4O4/c1-13-11-18(9-10-19(13)21(23)25-27)29-17-4-2-3-16(12-17)28-15-7-5-14(6-8-15)20(22)24-26/h2-12,26-27H,1H3,(H2,22,24)(H2,23,25). The molecule has 8 heteroatoms. The highest BCUT2D eigenvalue weighted by atomic mass is 16.5. The highest BCUT2D eigenvalue weighted by molar-refractivity contribution is 5.98. The van der Waals surface area contributed by atoms with E-state index in [2.05, 4.69) is 10.3 Å². The van der Waals surface area contributed by atoms with Crippen LogP contribution < -0.4 is 20.9 Å². The van der Waals surface area contributed by atoms with E-state index in [-0.39, 0.29) is 11.7 Å². The number of rotatable bonds is 6. The number of nitrogens with two attached hydrogens (primary N) is 2. The molecule has 29 heavy (non-hydrogen) atoms. The van der Waals surface area contributed by atoms with Crippen molar-refractivity contribution in [2.75, 3.05) is 0 Å². The third kappa shape index (κ3) is 4.75. The van der Waals surface area contributed by atoms with Gasteiger partial charge < -0.3 is 31.4 Å². The Morgan fingerprint density at radius 2 is 1.28 bits per heavy atom. The Balaban J connectivity index is 1.74. The van der Waals surface area contributed by atoms with Gasteiger partial charge in [-0.15, -0.1) is 0 Å². The second-order valence-corrected chi connectivity index (χ2v) is 6.15. The maximum absolute atomic E-state index is 8.82. The molecule has 148 valence electrons. The largest absolute Gasteiger partial charge is 0.457 e. The topological polar surface area (TPSA) is 136 Å². The van der Waals surface area contributed by atoms with E-state index in [4.69, 9.17) is 31.4 Å². The zero-order valence-corrected chi connectivity index (χ0v) is 15.6. The highest BCUT2D eigenvalue weighted by Gasteiger charge is 2.07. The van der Waals surface area contributed by atoms with Crippen molar-refractivity contribution in [2.45, 2.75) is 6.92 Å². The first-order valence-corrected chi connectivity index (χ1v) is 8.62. The van der Waals surface area contributed by atoms with Gasteiger partial charge in [0.05, 0.1) is 0 Å². The summed E-state index contributed by atoms with van der Waals surface area (Å²) in [6.07, 6.45) is 0. The maximum atomic E-state index is 8.82. The third-order valence-electron chi connectivity index (χ3n) is 4.12. The average molecular weight is 392 g/mol. The lowest BCUT2D eigenvalue weighted by molar-refractivity contribution is 0.318. The molecule has 0 aromatic heterocycles. The summed E-state index contributed by atoms with van der Waals surface area (Å²) in [5.74, 6) is 2.45. The average Bonchev–Trinajstić information content (AvgIpc) is 2.73. The zero-order valence-electron chi connectivity index (χ0n) is 15.6. The summed E-state index contributed by atoms with van der Waals surface area (Å²) >= 11 is 0. The normalized spacial score (nSPS) is 11.9. The first kappa shape index (κ1) is 19.6. The van der Waals surface area contributed by atoms with Crippen molar-refractivity contribution in [1.82, 2.24) is 0 Å². The SMILES string of the molecule is Cc1cc(Oc2cccc(Oc3ccc(/C(N)=N/O)cc3)c2)ccc1/C(N)=N/O. The van der Waals surface area contributed by atoms with Crippen LogP contribution in [0.3, 0.4) is 0 Å². The Hall–Kier alpha value is -4.20. The molecule has 0 spiro atoms. The molecule has 6 N–H and O–H groups in total. The number of aryl methyl sites for hydroxylation is 1. The van der Waals surface area contributed by atoms with E-state index in [1.807, 2.05) is 13.0 Å². The van der Waals surface area contributed by atoms with E-state index in [0.29, 0.717) is 34.1 Å². The first-order valence-electron chi connectivity index (χ1n) is 8.62. The predicted octanol–water partition coefficient (Wildman–Crippen LogP) is 3.77. The Bertz CT molecular complexity index is 1060. The third-order valence-corrected chi connectivity index (χ3v) is 4.12. The molecule has 0 saturated carbocycles. The molecular formula is C21H20N4O4. The minimum Gasteiger partial charge on any atom is -0.457 e. The van der Waals surface area contributed by atoms with Gasteiger partial charge in [0.15, 0.2) is 11.7 Å². The van der Waals surface area contributed by atoms with Gasteiger partial charge in [-0.3, -0.25) is 0 Å². The molecule has 0 amide bonds. The number of nitrogens with zero attached hydrogens (tertiary/aromatic N) is 2. The molecule has 0 saturated heterocycles. The van der Waals surface area contributed by atoms with E-state index in [9.17, 15) is 0 Å². The van der Waals surface area contributed by atoms with Crippen LogP contribution in [0.25, 0.3) is 0 Å². The molecule has 0 radical (unpaired) electrons. The van der Waals surface area contributed by atoms with E-state index in [1.165, 1.54) is 0 Å². The lowest BCUT2D eigenvalue weighted by Gasteiger charge is -2.11. The minimum absolute atomic E-state index is 0.0280. The highest BCUT2D eigenvalue weighted by Crippen LogP contribution is 2.29. The van der Waals surface area contributed by atoms with Crippen LogP contribution in [0.1, 0.15) is 16.7 Å². The molecule has 0 aliphatic carbocycles. The van der Waals surface area contributed by atoms with Crippen LogP contribution in [0.15, 0.2) is 77.0 Å². The monoisotopic (exact) mass is 392 g/mol. The Morgan fingerprint density at radius 3 is 1.86 bits per heavy atom. The van der Waals surface area contributed by atoms with Crippen molar-refractivity contribution >= 4 is 11.7 Å². The molecule has 0 fully saturated rings. The van der Waals surface area contributed by atoms with Crippen LogP contribution in [0.4, 0.5) is 0 Å². The lowest BCUT2D eigenvalue weighted by atomic mass is 10.1. The molecule has 8 nitrogen and oxygen atoms in total. The van der Waals surface area contributed by atoms with E-state index >= 15 is 0 Å². The summed E-state index contributed by atoms with van der Waals surface area (Å²) < 4.78 is 11.7. The van der Waals surface area contributed by atoms with Crippen LogP contribution in [0.5, 0.6) is 23.0 Å². The van der Waals surface area contributed by atoms with E-state index in [0.717, 1.165) is 5.56 Å². The van der Waals surface area contributed by atoms with Gasteiger partial charge in [0.1, 0.15) is 23.0 Å². The quantitative estimate of drug-likeness (QED) is 0.218. The summed E-state index contributed by atoms with van der Waals surface area (Å²) in [6, 6.07) is 19.3. The van der Waals surface area contributed by atoms with Crippen LogP contribution in [-0.4, -0.2) is 22.1 Å². The second-order valence-electron chi connectivity index (χ2n) is 6.15. The fourth-order valence-corrected chi connectivity index (χ4v) is 2.67. The van der Waals surface area contributed by atoms with Crippen LogP contribution in [-0.2, 0) is 0 Å². The number of oxime groups is 2. The van der Waals surface area contributed by atoms with Crippen molar-refractivity contribution in [3.8, 4) is 23.0 Å². The van der Waals surface area contributed by atoms with Gasteiger partial charge in [-0.1, -0.05) is 16.4 Å². The number of amidine groups is 2. The number of hydrogen-bond acceptors (Lipinski definition) is 6. The molecule has 0 bridgehead atoms. The minimum atomic E-state index is 0.0280. The number of benzene rings is 3. The second kappa shape index (κ2) is 8.66. The van der Waals surface area contributed by atoms with Gasteiger partial charge in [-0.05, 0) is 67.1 Å². The van der Waals surface area contributed by atoms with Crippen LogP contribution in [0, 0.1) is 6.92 Å². The molecule has 3 aromatic carbocycles. The van der Waals surface area contributed by atoms with Gasteiger partial charge in [-0.2, -0.15) is 0 Å². The maximum Gasteiger partial charge on any atom is 0.170 e. The summed E-state index contributed by atoms with van der Waals surface area (Å²) in [6.45, 7) is 1.84. The molecule has 0 atom stereocenters. The predicted molar refractivity (Wildman–Crippen MR) is 109 cm³/mol. The van der Waals surface area contributed by atoms with Crippen molar-refractivity contribution in [2.24, 2.45) is 21.8 Å². The molecular weight excluding hydrogens is 372 g/mol. The molecule has 0 heterocycles. The molecule has 3 aromatic rings. The van der Waals surface area contributed by atoms with E-state index < -0.39 is 0 Å². The molecule has 3 rings (SSSR count). The van der Waals surface area contributed by atoms with Crippen LogP contribution >= 0.6 is 0 Å². The van der Waals surface area contributed by atoms with Crippen LogP contribution in [0.2, 0.25) is 0 Å². The van der Waals surface area contributed by atoms with Crippen molar-refractivity contribution in [3.63, 3.8) is 0 Å². The van der Waals surface area contributed by atoms with Crippen molar-refractivity contribution in [1.29, 1.82) is 0 Å². The Kier molecular flexibility index (Phi) is 5.84. The fourth-order valence-electron chi connectivity index (χ4n) is 2.67. The van der Waals surface area contributed by atoms with Crippen molar-refractivity contribution in [3.05, 3.63) is 83.4 Å². The van der Waals surface area contributed by atoms with Gasteiger partial charge in [-0.25, -0.2) is 0 Å². The van der Waals surface area contributed by atoms with Gasteiger partial charge in [0.2, 0.25) is 0 Å². The molecule has 0 aliphatic rings. The smallest absolute Gasteiger partial charge is 0.170 e. The summed E-state index contributed by atoms with van der Waals surface area (Å²) in [5.41, 5.74) is 13.2. The first-order chi connectivity index (χ1) is 14.0. The van der Waals surface area contributed by atoms with Crippen molar-refractivity contribution < 1.29 is 19.9 Å². The van der Waals surface area contributed by atoms with Gasteiger partial charge in [0, 0.05) is 17.2 Å². The van der Waals surface area contributed by atoms with Gasteiger partial charge in [0.25, 0.3) is 0 Å². The van der Waals surface area contributed by atoms with Gasteiger partial charge >= 0.3 is 0 Å². The lowest BCUT2D eigenvalue weighted by Crippen LogP contribution is -2.14. The molecule has 0 aliphatic heterocycles. The summed E-state index contributed by atoms with van der Waals surface area (Å²) in [5, 5.41) is 23.5. The molecule has 0 unspecified atom stereocenters. The number of ether oxygens (including phenoxy) is 2. The zero-order chi connectivity index (χ0) is 20.8. The summed E-state index contributed by atoms with van der Waals surface area (Å²) in [7, 11) is 0. The Labute approximate surface area is 167 Å². The Morgan fingerprint density at radius 1 is 0.724 bits per heavy atom.